The van der Waals surface area contributed by atoms with E-state index in [-0.39, 0.29) is 6.61 Å². The fourth-order valence-electron chi connectivity index (χ4n) is 1.47. The summed E-state index contributed by atoms with van der Waals surface area (Å²) in [6.07, 6.45) is -5.31. The van der Waals surface area contributed by atoms with Crippen LogP contribution in [0.3, 0.4) is 0 Å². The number of halogens is 6. The second-order valence-corrected chi connectivity index (χ2v) is 4.85. The molecule has 23 heavy (non-hydrogen) atoms. The van der Waals surface area contributed by atoms with Crippen LogP contribution >= 0.6 is 11.8 Å². The van der Waals surface area contributed by atoms with E-state index in [1.807, 2.05) is 0 Å². The van der Waals surface area contributed by atoms with Gasteiger partial charge in [0.2, 0.25) is 0 Å². The minimum absolute atomic E-state index is 0.189. The number of hydrogen-bond donors (Lipinski definition) is 0. The molecule has 0 amide bonds. The number of thioether (sulfide) groups is 1. The van der Waals surface area contributed by atoms with Crippen molar-refractivity contribution in [1.82, 2.24) is 0 Å². The van der Waals surface area contributed by atoms with Gasteiger partial charge in [0.05, 0.1) is 6.61 Å². The predicted octanol–water partition coefficient (Wildman–Crippen LogP) is 4.25. The van der Waals surface area contributed by atoms with Crippen molar-refractivity contribution in [3.05, 3.63) is 23.3 Å². The molecule has 0 heterocycles. The molecule has 0 radical (unpaired) electrons. The maximum atomic E-state index is 12.4. The second-order valence-electron chi connectivity index (χ2n) is 3.74. The average molecular weight is 359 g/mol. The van der Waals surface area contributed by atoms with E-state index in [0.717, 1.165) is 0 Å². The van der Waals surface area contributed by atoms with Crippen LogP contribution in [-0.4, -0.2) is 24.4 Å². The van der Waals surface area contributed by atoms with E-state index in [2.05, 4.69) is 9.47 Å². The molecule has 0 bridgehead atoms. The third kappa shape index (κ3) is 5.55. The van der Waals surface area contributed by atoms with Gasteiger partial charge < -0.3 is 9.47 Å². The third-order valence-electron chi connectivity index (χ3n) is 2.17. The highest BCUT2D eigenvalue weighted by molar-refractivity contribution is 8.00. The molecule has 0 N–H and O–H groups in total. The van der Waals surface area contributed by atoms with E-state index < -0.39 is 51.4 Å². The largest absolute Gasteiger partial charge is 0.573 e. The normalized spacial score (nSPS) is 11.7. The monoisotopic (exact) mass is 359 g/mol. The zero-order valence-electron chi connectivity index (χ0n) is 11.2. The molecule has 0 saturated heterocycles. The zero-order chi connectivity index (χ0) is 17.8. The predicted molar refractivity (Wildman–Crippen MR) is 65.7 cm³/mol. The van der Waals surface area contributed by atoms with Gasteiger partial charge in [-0.05, 0) is 30.8 Å². The highest BCUT2D eigenvalue weighted by atomic mass is 32.2. The summed E-state index contributed by atoms with van der Waals surface area (Å²) in [7, 11) is 0. The number of nitriles is 1. The summed E-state index contributed by atoms with van der Waals surface area (Å²) in [6, 6.07) is 2.57. The fraction of sp³-hybridized carbons (Fsp3) is 0.333. The smallest absolute Gasteiger partial charge is 0.462 e. The Morgan fingerprint density at radius 3 is 2.30 bits per heavy atom. The first-order valence-electron chi connectivity index (χ1n) is 5.74. The molecule has 0 fully saturated rings. The first kappa shape index (κ1) is 19.0. The maximum Gasteiger partial charge on any atom is 0.573 e. The maximum absolute atomic E-state index is 12.4. The lowest BCUT2D eigenvalue weighted by Gasteiger charge is -2.16. The topological polar surface area (TPSA) is 59.3 Å². The van der Waals surface area contributed by atoms with Crippen molar-refractivity contribution < 1.29 is 40.6 Å². The minimum Gasteiger partial charge on any atom is -0.462 e. The summed E-state index contributed by atoms with van der Waals surface area (Å²) in [5, 5.41) is 8.90. The molecule has 0 aliphatic heterocycles. The molecule has 1 aromatic carbocycles. The van der Waals surface area contributed by atoms with Crippen molar-refractivity contribution >= 4 is 17.7 Å². The van der Waals surface area contributed by atoms with Gasteiger partial charge in [0.15, 0.2) is 5.75 Å². The summed E-state index contributed by atoms with van der Waals surface area (Å²) in [5.74, 6) is -2.58. The van der Waals surface area contributed by atoms with E-state index in [4.69, 9.17) is 5.26 Å². The lowest BCUT2D eigenvalue weighted by molar-refractivity contribution is -0.274. The Morgan fingerprint density at radius 2 is 1.87 bits per heavy atom. The highest BCUT2D eigenvalue weighted by Crippen LogP contribution is 2.43. The number of hydrogen-bond acceptors (Lipinski definition) is 5. The van der Waals surface area contributed by atoms with Crippen LogP contribution in [0.25, 0.3) is 0 Å². The van der Waals surface area contributed by atoms with Crippen LogP contribution in [0.4, 0.5) is 26.3 Å². The van der Waals surface area contributed by atoms with E-state index in [9.17, 15) is 31.1 Å². The molecule has 1 aromatic rings. The van der Waals surface area contributed by atoms with E-state index >= 15 is 0 Å². The van der Waals surface area contributed by atoms with Crippen molar-refractivity contribution in [2.75, 3.05) is 6.61 Å². The van der Waals surface area contributed by atoms with Gasteiger partial charge in [-0.25, -0.2) is 4.79 Å². The second kappa shape index (κ2) is 6.99. The fourth-order valence-corrected chi connectivity index (χ4v) is 2.10. The number of carbonyl (C=O) groups excluding carboxylic acids is 1. The van der Waals surface area contributed by atoms with Gasteiger partial charge in [0.1, 0.15) is 17.2 Å². The van der Waals surface area contributed by atoms with Crippen LogP contribution in [-0.2, 0) is 4.74 Å². The molecule has 4 nitrogen and oxygen atoms in total. The van der Waals surface area contributed by atoms with Gasteiger partial charge in [0, 0.05) is 4.90 Å². The molecule has 0 unspecified atom stereocenters. The van der Waals surface area contributed by atoms with Gasteiger partial charge >= 0.3 is 17.8 Å². The van der Waals surface area contributed by atoms with E-state index in [0.29, 0.717) is 12.1 Å². The Kier molecular flexibility index (Phi) is 5.76. The van der Waals surface area contributed by atoms with Gasteiger partial charge in [-0.2, -0.15) is 18.4 Å². The van der Waals surface area contributed by atoms with Gasteiger partial charge in [0.25, 0.3) is 0 Å². The summed E-state index contributed by atoms with van der Waals surface area (Å²) in [5.41, 5.74) is -6.70. The van der Waals surface area contributed by atoms with E-state index in [1.165, 1.54) is 13.0 Å². The number of nitrogens with zero attached hydrogens (tertiary/aromatic N) is 1. The Hall–Kier alpha value is -2.09. The van der Waals surface area contributed by atoms with Gasteiger partial charge in [-0.3, -0.25) is 0 Å². The molecule has 0 atom stereocenters. The zero-order valence-corrected chi connectivity index (χ0v) is 12.0. The number of esters is 1. The lowest BCUT2D eigenvalue weighted by atomic mass is 10.1. The van der Waals surface area contributed by atoms with Gasteiger partial charge in [-0.15, -0.1) is 13.2 Å². The van der Waals surface area contributed by atoms with Crippen LogP contribution in [0.15, 0.2) is 17.0 Å². The van der Waals surface area contributed by atoms with Crippen LogP contribution in [0.1, 0.15) is 22.8 Å². The Morgan fingerprint density at radius 1 is 1.26 bits per heavy atom. The standard InChI is InChI=1S/C12H7F6NO3S/c1-2-21-10(20)6-3-4-8(23-12(16,17)18)7(5-19)9(6)22-11(13,14)15/h3-4H,2H2,1H3. The first-order valence-corrected chi connectivity index (χ1v) is 6.56. The summed E-state index contributed by atoms with van der Waals surface area (Å²) >= 11 is -0.796. The molecule has 1 rings (SSSR count). The number of carbonyl (C=O) groups is 1. The molecule has 11 heteroatoms. The average Bonchev–Trinajstić information content (AvgIpc) is 2.35. The van der Waals surface area contributed by atoms with E-state index in [1.54, 1.807) is 0 Å². The number of alkyl halides is 6. The van der Waals surface area contributed by atoms with Crippen molar-refractivity contribution in [1.29, 1.82) is 5.26 Å². The number of ether oxygens (including phenoxy) is 2. The summed E-state index contributed by atoms with van der Waals surface area (Å²) < 4.78 is 82.6. The molecular weight excluding hydrogens is 352 g/mol. The molecule has 0 aromatic heterocycles. The van der Waals surface area contributed by atoms with Crippen LogP contribution in [0, 0.1) is 11.3 Å². The highest BCUT2D eigenvalue weighted by Gasteiger charge is 2.37. The minimum atomic E-state index is -5.31. The summed E-state index contributed by atoms with van der Waals surface area (Å²) in [4.78, 5) is 10.8. The van der Waals surface area contributed by atoms with Crippen molar-refractivity contribution in [2.45, 2.75) is 23.7 Å². The molecule has 0 saturated carbocycles. The Labute approximate surface area is 130 Å². The quantitative estimate of drug-likeness (QED) is 0.457. The number of benzene rings is 1. The van der Waals surface area contributed by atoms with Crippen LogP contribution < -0.4 is 4.74 Å². The molecule has 0 aliphatic carbocycles. The Bertz CT molecular complexity index is 635. The third-order valence-corrected chi connectivity index (χ3v) is 2.96. The Balaban J connectivity index is 3.50. The van der Waals surface area contributed by atoms with Crippen LogP contribution in [0.5, 0.6) is 5.75 Å². The molecule has 126 valence electrons. The summed E-state index contributed by atoms with van der Waals surface area (Å²) in [6.45, 7) is 1.19. The SMILES string of the molecule is CCOC(=O)c1ccc(SC(F)(F)F)c(C#N)c1OC(F)(F)F. The van der Waals surface area contributed by atoms with Crippen molar-refractivity contribution in [3.63, 3.8) is 0 Å². The van der Waals surface area contributed by atoms with Crippen molar-refractivity contribution in [2.24, 2.45) is 0 Å². The van der Waals surface area contributed by atoms with Gasteiger partial charge in [-0.1, -0.05) is 0 Å². The number of rotatable bonds is 4. The van der Waals surface area contributed by atoms with Crippen LogP contribution in [0.2, 0.25) is 0 Å². The first-order chi connectivity index (χ1) is 10.5. The molecular formula is C12H7F6NO3S. The van der Waals surface area contributed by atoms with Crippen molar-refractivity contribution in [3.8, 4) is 11.8 Å². The lowest BCUT2D eigenvalue weighted by Crippen LogP contribution is -2.21. The molecule has 0 spiro atoms. The molecule has 0 aliphatic rings.